The smallest absolute Gasteiger partial charge is 0.308 e. The third-order valence-corrected chi connectivity index (χ3v) is 3.90. The fourth-order valence-corrected chi connectivity index (χ4v) is 2.83. The van der Waals surface area contributed by atoms with Gasteiger partial charge < -0.3 is 14.8 Å². The van der Waals surface area contributed by atoms with Crippen LogP contribution in [-0.4, -0.2) is 26.2 Å². The van der Waals surface area contributed by atoms with Gasteiger partial charge in [-0.15, -0.1) is 0 Å². The highest BCUT2D eigenvalue weighted by molar-refractivity contribution is 5.69. The summed E-state index contributed by atoms with van der Waals surface area (Å²) in [5.74, 6) is 0.682. The van der Waals surface area contributed by atoms with Crippen LogP contribution in [0.1, 0.15) is 49.8 Å². The van der Waals surface area contributed by atoms with Crippen molar-refractivity contribution in [2.75, 3.05) is 20.3 Å². The summed E-state index contributed by atoms with van der Waals surface area (Å²) in [5, 5.41) is 3.61. The van der Waals surface area contributed by atoms with Gasteiger partial charge in [0.25, 0.3) is 0 Å². The predicted octanol–water partition coefficient (Wildman–Crippen LogP) is 3.01. The standard InChI is InChI=1S/C17H25NO3/c1-3-11-18-15-8-4-7-14-13(15)6-5-9-16(14)21-12-10-17(19)20-2/h5-6,9,15,18H,3-4,7-8,10-12H2,1-2H3. The fourth-order valence-electron chi connectivity index (χ4n) is 2.83. The lowest BCUT2D eigenvalue weighted by Crippen LogP contribution is -2.26. The van der Waals surface area contributed by atoms with Gasteiger partial charge in [0.1, 0.15) is 5.75 Å². The Bertz CT molecular complexity index is 473. The molecule has 1 aliphatic carbocycles. The second-order valence-corrected chi connectivity index (χ2v) is 5.40. The first kappa shape index (κ1) is 15.8. The highest BCUT2D eigenvalue weighted by Gasteiger charge is 2.22. The average molecular weight is 291 g/mol. The molecule has 0 aromatic heterocycles. The number of rotatable bonds is 7. The number of fused-ring (bicyclic) bond motifs is 1. The van der Waals surface area contributed by atoms with Crippen LogP contribution in [0, 0.1) is 0 Å². The van der Waals surface area contributed by atoms with Crippen molar-refractivity contribution in [1.82, 2.24) is 5.32 Å². The van der Waals surface area contributed by atoms with Crippen molar-refractivity contribution in [1.29, 1.82) is 0 Å². The minimum atomic E-state index is -0.234. The number of hydrogen-bond acceptors (Lipinski definition) is 4. The van der Waals surface area contributed by atoms with E-state index in [9.17, 15) is 4.79 Å². The van der Waals surface area contributed by atoms with Crippen molar-refractivity contribution in [3.05, 3.63) is 29.3 Å². The Labute approximate surface area is 126 Å². The summed E-state index contributed by atoms with van der Waals surface area (Å²) in [4.78, 5) is 11.1. The molecule has 0 radical (unpaired) electrons. The van der Waals surface area contributed by atoms with Crippen LogP contribution in [0.25, 0.3) is 0 Å². The zero-order valence-electron chi connectivity index (χ0n) is 13.0. The van der Waals surface area contributed by atoms with E-state index in [1.807, 2.05) is 12.1 Å². The summed E-state index contributed by atoms with van der Waals surface area (Å²) < 4.78 is 10.4. The largest absolute Gasteiger partial charge is 0.493 e. The monoisotopic (exact) mass is 291 g/mol. The summed E-state index contributed by atoms with van der Waals surface area (Å²) in [7, 11) is 1.40. The average Bonchev–Trinajstić information content (AvgIpc) is 2.52. The van der Waals surface area contributed by atoms with Gasteiger partial charge >= 0.3 is 5.97 Å². The highest BCUT2D eigenvalue weighted by Crippen LogP contribution is 2.35. The van der Waals surface area contributed by atoms with E-state index in [4.69, 9.17) is 4.74 Å². The van der Waals surface area contributed by atoms with Gasteiger partial charge in [-0.25, -0.2) is 0 Å². The summed E-state index contributed by atoms with van der Waals surface area (Å²) >= 11 is 0. The van der Waals surface area contributed by atoms with Crippen LogP contribution in [0.15, 0.2) is 18.2 Å². The fraction of sp³-hybridized carbons (Fsp3) is 0.588. The topological polar surface area (TPSA) is 47.6 Å². The molecule has 1 aromatic carbocycles. The Balaban J connectivity index is 2.05. The first-order valence-electron chi connectivity index (χ1n) is 7.81. The van der Waals surface area contributed by atoms with Crippen LogP contribution in [0.5, 0.6) is 5.75 Å². The molecule has 2 rings (SSSR count). The third-order valence-electron chi connectivity index (χ3n) is 3.90. The van der Waals surface area contributed by atoms with Crippen LogP contribution in [0.3, 0.4) is 0 Å². The lowest BCUT2D eigenvalue weighted by atomic mass is 9.87. The Kier molecular flexibility index (Phi) is 6.05. The van der Waals surface area contributed by atoms with Crippen molar-refractivity contribution in [2.24, 2.45) is 0 Å². The van der Waals surface area contributed by atoms with Crippen molar-refractivity contribution in [3.63, 3.8) is 0 Å². The molecule has 0 spiro atoms. The zero-order chi connectivity index (χ0) is 15.1. The van der Waals surface area contributed by atoms with Crippen LogP contribution >= 0.6 is 0 Å². The second-order valence-electron chi connectivity index (χ2n) is 5.40. The number of carbonyl (C=O) groups is 1. The lowest BCUT2D eigenvalue weighted by Gasteiger charge is -2.28. The summed E-state index contributed by atoms with van der Waals surface area (Å²) in [6.45, 7) is 3.59. The molecule has 0 saturated carbocycles. The molecule has 0 heterocycles. The van der Waals surface area contributed by atoms with E-state index in [1.165, 1.54) is 31.1 Å². The van der Waals surface area contributed by atoms with Gasteiger partial charge in [0.05, 0.1) is 20.1 Å². The molecular formula is C17H25NO3. The van der Waals surface area contributed by atoms with Gasteiger partial charge in [-0.05, 0) is 49.4 Å². The van der Waals surface area contributed by atoms with Gasteiger partial charge in [-0.2, -0.15) is 0 Å². The quantitative estimate of drug-likeness (QED) is 0.785. The Hall–Kier alpha value is -1.55. The van der Waals surface area contributed by atoms with Gasteiger partial charge in [0.15, 0.2) is 0 Å². The van der Waals surface area contributed by atoms with E-state index in [1.54, 1.807) is 0 Å². The molecule has 1 atom stereocenters. The highest BCUT2D eigenvalue weighted by atomic mass is 16.5. The van der Waals surface area contributed by atoms with Crippen molar-refractivity contribution in [3.8, 4) is 5.75 Å². The van der Waals surface area contributed by atoms with Crippen LogP contribution in [0.2, 0.25) is 0 Å². The SMILES string of the molecule is CCCNC1CCCc2c(OCCC(=O)OC)cccc21. The van der Waals surface area contributed by atoms with Crippen molar-refractivity contribution in [2.45, 2.75) is 45.1 Å². The summed E-state index contributed by atoms with van der Waals surface area (Å²) in [5.41, 5.74) is 2.65. The number of esters is 1. The van der Waals surface area contributed by atoms with E-state index in [2.05, 4.69) is 23.0 Å². The zero-order valence-corrected chi connectivity index (χ0v) is 13.0. The Morgan fingerprint density at radius 3 is 3.05 bits per heavy atom. The minimum Gasteiger partial charge on any atom is -0.493 e. The number of hydrogen-bond donors (Lipinski definition) is 1. The normalized spacial score (nSPS) is 17.1. The molecule has 4 nitrogen and oxygen atoms in total. The van der Waals surface area contributed by atoms with Gasteiger partial charge in [-0.1, -0.05) is 19.1 Å². The van der Waals surface area contributed by atoms with Crippen LogP contribution < -0.4 is 10.1 Å². The molecule has 4 heteroatoms. The summed E-state index contributed by atoms with van der Waals surface area (Å²) in [6.07, 6.45) is 4.83. The number of nitrogens with one attached hydrogen (secondary N) is 1. The van der Waals surface area contributed by atoms with Crippen LogP contribution in [-0.2, 0) is 16.0 Å². The van der Waals surface area contributed by atoms with E-state index < -0.39 is 0 Å². The van der Waals surface area contributed by atoms with Gasteiger partial charge in [0.2, 0.25) is 0 Å². The predicted molar refractivity (Wildman–Crippen MR) is 82.5 cm³/mol. The molecule has 116 valence electrons. The third kappa shape index (κ3) is 4.21. The molecule has 1 aliphatic rings. The maximum Gasteiger partial charge on any atom is 0.308 e. The first-order valence-corrected chi connectivity index (χ1v) is 7.81. The number of carbonyl (C=O) groups excluding carboxylic acids is 1. The molecule has 0 bridgehead atoms. The molecule has 21 heavy (non-hydrogen) atoms. The number of ether oxygens (including phenoxy) is 2. The van der Waals surface area contributed by atoms with E-state index in [0.717, 1.165) is 25.1 Å². The minimum absolute atomic E-state index is 0.234. The maximum atomic E-state index is 11.1. The molecule has 1 unspecified atom stereocenters. The van der Waals surface area contributed by atoms with E-state index in [-0.39, 0.29) is 12.4 Å². The molecular weight excluding hydrogens is 266 g/mol. The molecule has 1 N–H and O–H groups in total. The number of methoxy groups -OCH3 is 1. The molecule has 0 amide bonds. The molecule has 0 fully saturated rings. The lowest BCUT2D eigenvalue weighted by molar-refractivity contribution is -0.141. The Morgan fingerprint density at radius 1 is 1.43 bits per heavy atom. The van der Waals surface area contributed by atoms with Crippen molar-refractivity contribution < 1.29 is 14.3 Å². The maximum absolute atomic E-state index is 11.1. The second kappa shape index (κ2) is 8.03. The molecule has 0 aliphatic heterocycles. The molecule has 1 aromatic rings. The Morgan fingerprint density at radius 2 is 2.29 bits per heavy atom. The van der Waals surface area contributed by atoms with Crippen molar-refractivity contribution >= 4 is 5.97 Å². The molecule has 0 saturated heterocycles. The van der Waals surface area contributed by atoms with Gasteiger partial charge in [-0.3, -0.25) is 4.79 Å². The van der Waals surface area contributed by atoms with Crippen LogP contribution in [0.4, 0.5) is 0 Å². The van der Waals surface area contributed by atoms with E-state index >= 15 is 0 Å². The first-order chi connectivity index (χ1) is 10.3. The van der Waals surface area contributed by atoms with E-state index in [0.29, 0.717) is 12.6 Å². The summed E-state index contributed by atoms with van der Waals surface area (Å²) in [6, 6.07) is 6.66. The van der Waals surface area contributed by atoms with Gasteiger partial charge in [0, 0.05) is 6.04 Å². The number of benzene rings is 1.